The highest BCUT2D eigenvalue weighted by Crippen LogP contribution is 2.13. The third-order valence-electron chi connectivity index (χ3n) is 2.34. The van der Waals surface area contributed by atoms with E-state index in [-0.39, 0.29) is 0 Å². The van der Waals surface area contributed by atoms with E-state index < -0.39 is 0 Å². The van der Waals surface area contributed by atoms with E-state index in [0.29, 0.717) is 6.04 Å². The number of thiol groups is 1. The number of hydrogen-bond acceptors (Lipinski definition) is 5. The van der Waals surface area contributed by atoms with Gasteiger partial charge in [0.1, 0.15) is 0 Å². The Morgan fingerprint density at radius 2 is 1.47 bits per heavy atom. The van der Waals surface area contributed by atoms with E-state index in [1.807, 2.05) is 0 Å². The molecule has 0 bridgehead atoms. The van der Waals surface area contributed by atoms with Crippen LogP contribution in [-0.4, -0.2) is 65.3 Å². The first-order valence-corrected chi connectivity index (χ1v) is 10.3. The maximum atomic E-state index is 4.38. The molecule has 0 heterocycles. The quantitative estimate of drug-likeness (QED) is 0.434. The Hall–Kier alpha value is 1.36. The van der Waals surface area contributed by atoms with Crippen LogP contribution in [0.2, 0.25) is 0 Å². The average molecular weight is 314 g/mol. The fourth-order valence-corrected chi connectivity index (χ4v) is 5.24. The lowest BCUT2D eigenvalue weighted by molar-refractivity contribution is 0.345. The molecule has 0 rings (SSSR count). The molecule has 5 heteroatoms. The molecule has 1 atom stereocenters. The van der Waals surface area contributed by atoms with Gasteiger partial charge in [0.2, 0.25) is 0 Å². The molecule has 1 unspecified atom stereocenters. The van der Waals surface area contributed by atoms with Gasteiger partial charge in [0.25, 0.3) is 0 Å². The Morgan fingerprint density at radius 3 is 1.94 bits per heavy atom. The SMILES string of the molecule is CCCSCCSCCSCC(CS)N(C)C. The third kappa shape index (κ3) is 12.2. The van der Waals surface area contributed by atoms with Crippen LogP contribution in [0, 0.1) is 0 Å². The zero-order chi connectivity index (χ0) is 12.9. The summed E-state index contributed by atoms with van der Waals surface area (Å²) in [6.45, 7) is 2.25. The van der Waals surface area contributed by atoms with Crippen LogP contribution in [0.5, 0.6) is 0 Å². The van der Waals surface area contributed by atoms with E-state index >= 15 is 0 Å². The molecule has 0 aliphatic carbocycles. The second-order valence-corrected chi connectivity index (χ2v) is 8.06. The van der Waals surface area contributed by atoms with Gasteiger partial charge in [-0.25, -0.2) is 0 Å². The van der Waals surface area contributed by atoms with Crippen molar-refractivity contribution in [2.24, 2.45) is 0 Å². The highest BCUT2D eigenvalue weighted by molar-refractivity contribution is 8.04. The molecule has 0 aromatic rings. The second-order valence-electron chi connectivity index (χ2n) is 4.10. The van der Waals surface area contributed by atoms with Gasteiger partial charge in [-0.1, -0.05) is 6.92 Å². The molecule has 0 fully saturated rings. The van der Waals surface area contributed by atoms with E-state index in [4.69, 9.17) is 0 Å². The molecule has 0 aliphatic rings. The van der Waals surface area contributed by atoms with Crippen molar-refractivity contribution in [1.29, 1.82) is 0 Å². The van der Waals surface area contributed by atoms with E-state index in [1.54, 1.807) is 0 Å². The maximum absolute atomic E-state index is 4.38. The van der Waals surface area contributed by atoms with Gasteiger partial charge < -0.3 is 4.90 Å². The van der Waals surface area contributed by atoms with E-state index in [9.17, 15) is 0 Å². The molecule has 0 aromatic heterocycles. The van der Waals surface area contributed by atoms with Crippen LogP contribution in [0.3, 0.4) is 0 Å². The monoisotopic (exact) mass is 313 g/mol. The molecule has 0 saturated heterocycles. The molecular weight excluding hydrogens is 286 g/mol. The summed E-state index contributed by atoms with van der Waals surface area (Å²) < 4.78 is 0. The van der Waals surface area contributed by atoms with Gasteiger partial charge in [-0.3, -0.25) is 0 Å². The summed E-state index contributed by atoms with van der Waals surface area (Å²) in [6, 6.07) is 0.619. The minimum Gasteiger partial charge on any atom is -0.305 e. The van der Waals surface area contributed by atoms with Crippen LogP contribution < -0.4 is 0 Å². The highest BCUT2D eigenvalue weighted by Gasteiger charge is 2.08. The zero-order valence-corrected chi connectivity index (χ0v) is 14.7. The van der Waals surface area contributed by atoms with Crippen LogP contribution in [0.25, 0.3) is 0 Å². The summed E-state index contributed by atoms with van der Waals surface area (Å²) in [7, 11) is 4.28. The largest absolute Gasteiger partial charge is 0.305 e. The van der Waals surface area contributed by atoms with E-state index in [2.05, 4.69) is 73.8 Å². The number of hydrogen-bond donors (Lipinski definition) is 1. The molecule has 0 N–H and O–H groups in total. The fourth-order valence-electron chi connectivity index (χ4n) is 1.17. The lowest BCUT2D eigenvalue weighted by Crippen LogP contribution is -2.31. The zero-order valence-electron chi connectivity index (χ0n) is 11.4. The Balaban J connectivity index is 3.17. The molecule has 0 saturated carbocycles. The summed E-state index contributed by atoms with van der Waals surface area (Å²) in [5.74, 6) is 8.70. The van der Waals surface area contributed by atoms with Gasteiger partial charge in [-0.15, -0.1) is 0 Å². The standard InChI is InChI=1S/C12H27NS4/c1-4-5-15-6-7-16-8-9-17-11-12(10-14)13(2)3/h12,14H,4-11H2,1-3H3. The number of rotatable bonds is 12. The molecular formula is C12H27NS4. The van der Waals surface area contributed by atoms with Gasteiger partial charge in [0.15, 0.2) is 0 Å². The van der Waals surface area contributed by atoms with Gasteiger partial charge in [-0.05, 0) is 26.3 Å². The van der Waals surface area contributed by atoms with Crippen molar-refractivity contribution >= 4 is 47.9 Å². The molecule has 0 aromatic carbocycles. The average Bonchev–Trinajstić information content (AvgIpc) is 2.31. The first-order chi connectivity index (χ1) is 8.22. The van der Waals surface area contributed by atoms with Crippen LogP contribution in [0.1, 0.15) is 13.3 Å². The lowest BCUT2D eigenvalue weighted by Gasteiger charge is -2.21. The maximum Gasteiger partial charge on any atom is 0.0268 e. The van der Waals surface area contributed by atoms with Gasteiger partial charge >= 0.3 is 0 Å². The topological polar surface area (TPSA) is 3.24 Å². The predicted octanol–water partition coefficient (Wildman–Crippen LogP) is 3.46. The minimum absolute atomic E-state index is 0.619. The Kier molecular flexibility index (Phi) is 14.9. The molecule has 0 spiro atoms. The summed E-state index contributed by atoms with van der Waals surface area (Å²) in [6.07, 6.45) is 1.31. The van der Waals surface area contributed by atoms with E-state index in [0.717, 1.165) is 5.75 Å². The number of nitrogens with zero attached hydrogens (tertiary/aromatic N) is 1. The first kappa shape index (κ1) is 18.4. The van der Waals surface area contributed by atoms with Crippen molar-refractivity contribution in [3.05, 3.63) is 0 Å². The molecule has 17 heavy (non-hydrogen) atoms. The van der Waals surface area contributed by atoms with Crippen molar-refractivity contribution < 1.29 is 0 Å². The highest BCUT2D eigenvalue weighted by atomic mass is 32.2. The van der Waals surface area contributed by atoms with Gasteiger partial charge in [0, 0.05) is 40.6 Å². The van der Waals surface area contributed by atoms with Gasteiger partial charge in [-0.2, -0.15) is 47.9 Å². The molecule has 0 aliphatic heterocycles. The Labute approximate surface area is 126 Å². The van der Waals surface area contributed by atoms with Crippen LogP contribution in [-0.2, 0) is 0 Å². The summed E-state index contributed by atoms with van der Waals surface area (Å²) >= 11 is 10.6. The molecule has 104 valence electrons. The minimum atomic E-state index is 0.619. The van der Waals surface area contributed by atoms with Crippen molar-refractivity contribution in [3.8, 4) is 0 Å². The summed E-state index contributed by atoms with van der Waals surface area (Å²) in [4.78, 5) is 2.27. The smallest absolute Gasteiger partial charge is 0.0268 e. The van der Waals surface area contributed by atoms with Crippen LogP contribution in [0.15, 0.2) is 0 Å². The van der Waals surface area contributed by atoms with Gasteiger partial charge in [0.05, 0.1) is 0 Å². The fraction of sp³-hybridized carbons (Fsp3) is 1.00. The Morgan fingerprint density at radius 1 is 0.941 bits per heavy atom. The predicted molar refractivity (Wildman–Crippen MR) is 93.6 cm³/mol. The van der Waals surface area contributed by atoms with Crippen molar-refractivity contribution in [3.63, 3.8) is 0 Å². The summed E-state index contributed by atoms with van der Waals surface area (Å²) in [5, 5.41) is 0. The normalized spacial score (nSPS) is 13.2. The van der Waals surface area contributed by atoms with E-state index in [1.165, 1.54) is 40.9 Å². The lowest BCUT2D eigenvalue weighted by atomic mass is 10.4. The van der Waals surface area contributed by atoms with Crippen LogP contribution >= 0.6 is 47.9 Å². The second kappa shape index (κ2) is 13.8. The molecule has 0 amide bonds. The molecule has 0 radical (unpaired) electrons. The van der Waals surface area contributed by atoms with Crippen molar-refractivity contribution in [2.45, 2.75) is 19.4 Å². The van der Waals surface area contributed by atoms with Crippen LogP contribution in [0.4, 0.5) is 0 Å². The van der Waals surface area contributed by atoms with Crippen molar-refractivity contribution in [2.75, 3.05) is 54.4 Å². The third-order valence-corrected chi connectivity index (χ3v) is 6.57. The Bertz CT molecular complexity index is 155. The number of thioether (sulfide) groups is 3. The summed E-state index contributed by atoms with van der Waals surface area (Å²) in [5.41, 5.74) is 0. The molecule has 1 nitrogen and oxygen atoms in total. The first-order valence-electron chi connectivity index (χ1n) is 6.22. The van der Waals surface area contributed by atoms with Crippen molar-refractivity contribution in [1.82, 2.24) is 4.90 Å².